The standard InChI is InChI=1S/3C6HF5O.Tl/c3*7-1-2(8)4(10)6(12)5(11)3(1)9;/h3*12H;/q;;;+3/p-3. The van der Waals surface area contributed by atoms with Crippen LogP contribution >= 0.6 is 0 Å². The van der Waals surface area contributed by atoms with E-state index in [9.17, 15) is 65.9 Å². The molecule has 3 rings (SSSR count). The quantitative estimate of drug-likeness (QED) is 0.128. The van der Waals surface area contributed by atoms with Gasteiger partial charge in [-0.05, 0) is 0 Å². The van der Waals surface area contributed by atoms with Crippen LogP contribution in [0, 0.1) is 87.3 Å². The first-order valence-corrected chi connectivity index (χ1v) is 14.2. The minimum atomic E-state index is -6.64. The monoisotopic (exact) mass is 754 g/mol. The topological polar surface area (TPSA) is 27.7 Å². The SMILES string of the molecule is Fc1c(F)c(F)c([O][Tl]([O]c2c(F)c(F)c(F)c(F)c2F)[O]c2c(F)c(F)c(F)c(F)c2F)c(F)c1F. The van der Waals surface area contributed by atoms with Crippen LogP contribution < -0.4 is 8.06 Å². The Kier molecular flexibility index (Phi) is 7.98. The molecule has 37 heavy (non-hydrogen) atoms. The third-order valence-corrected chi connectivity index (χ3v) is 9.14. The van der Waals surface area contributed by atoms with E-state index in [0.717, 1.165) is 0 Å². The summed E-state index contributed by atoms with van der Waals surface area (Å²) in [7, 11) is 0. The molecule has 198 valence electrons. The molecule has 19 heteroatoms. The fourth-order valence-corrected chi connectivity index (χ4v) is 7.64. The molecule has 0 unspecified atom stereocenters. The Hall–Kier alpha value is -3.07. The Bertz CT molecular complexity index is 1170. The van der Waals surface area contributed by atoms with Gasteiger partial charge < -0.3 is 0 Å². The normalized spacial score (nSPS) is 11.1. The van der Waals surface area contributed by atoms with Crippen LogP contribution in [-0.4, -0.2) is 24.1 Å². The van der Waals surface area contributed by atoms with E-state index in [4.69, 9.17) is 0 Å². The van der Waals surface area contributed by atoms with Crippen molar-refractivity contribution in [3.63, 3.8) is 0 Å². The molecule has 3 aromatic carbocycles. The van der Waals surface area contributed by atoms with Crippen molar-refractivity contribution >= 4 is 24.1 Å². The molecule has 0 bridgehead atoms. The van der Waals surface area contributed by atoms with Crippen molar-refractivity contribution in [1.29, 1.82) is 0 Å². The summed E-state index contributed by atoms with van der Waals surface area (Å²) < 4.78 is 217. The first-order chi connectivity index (χ1) is 17.1. The summed E-state index contributed by atoms with van der Waals surface area (Å²) in [5, 5.41) is 0. The number of hydrogen-bond donors (Lipinski definition) is 0. The molecule has 0 heterocycles. The fraction of sp³-hybridized carbons (Fsp3) is 0. The second-order valence-electron chi connectivity index (χ2n) is 6.34. The van der Waals surface area contributed by atoms with Gasteiger partial charge >= 0.3 is 202 Å². The maximum absolute atomic E-state index is 14.0. The molecular formula is C18F15O3Tl. The summed E-state index contributed by atoms with van der Waals surface area (Å²) >= 11 is -6.64. The summed E-state index contributed by atoms with van der Waals surface area (Å²) in [6, 6.07) is 0. The van der Waals surface area contributed by atoms with Gasteiger partial charge in [-0.2, -0.15) is 0 Å². The van der Waals surface area contributed by atoms with Gasteiger partial charge in [-0.1, -0.05) is 0 Å². The average Bonchev–Trinajstić information content (AvgIpc) is 2.88. The second-order valence-corrected chi connectivity index (χ2v) is 11.3. The maximum atomic E-state index is 14.0. The predicted molar refractivity (Wildman–Crippen MR) is 86.3 cm³/mol. The van der Waals surface area contributed by atoms with Crippen LogP contribution in [0.15, 0.2) is 0 Å². The van der Waals surface area contributed by atoms with Gasteiger partial charge in [0.1, 0.15) is 0 Å². The summed E-state index contributed by atoms with van der Waals surface area (Å²) in [6.07, 6.45) is 0. The van der Waals surface area contributed by atoms with Gasteiger partial charge in [0.15, 0.2) is 0 Å². The van der Waals surface area contributed by atoms with Gasteiger partial charge in [-0.3, -0.25) is 0 Å². The number of hydrogen-bond acceptors (Lipinski definition) is 3. The van der Waals surface area contributed by atoms with Crippen LogP contribution in [0.5, 0.6) is 17.2 Å². The zero-order valence-corrected chi connectivity index (χ0v) is 21.0. The van der Waals surface area contributed by atoms with E-state index in [-0.39, 0.29) is 0 Å². The van der Waals surface area contributed by atoms with Crippen molar-refractivity contribution in [3.05, 3.63) is 87.3 Å². The Labute approximate surface area is 202 Å². The first-order valence-electron chi connectivity index (χ1n) is 8.65. The van der Waals surface area contributed by atoms with Gasteiger partial charge in [-0.25, -0.2) is 0 Å². The van der Waals surface area contributed by atoms with Crippen LogP contribution in [0.3, 0.4) is 0 Å². The van der Waals surface area contributed by atoms with Gasteiger partial charge in [0, 0.05) is 0 Å². The fourth-order valence-electron chi connectivity index (χ4n) is 2.43. The molecule has 0 aliphatic carbocycles. The van der Waals surface area contributed by atoms with Crippen molar-refractivity contribution in [1.82, 2.24) is 0 Å². The summed E-state index contributed by atoms with van der Waals surface area (Å²) in [5.41, 5.74) is 0. The molecule has 0 radical (unpaired) electrons. The first kappa shape index (κ1) is 28.5. The summed E-state index contributed by atoms with van der Waals surface area (Å²) in [6.45, 7) is 0. The molecule has 0 fully saturated rings. The zero-order valence-electron chi connectivity index (χ0n) is 16.5. The van der Waals surface area contributed by atoms with Crippen molar-refractivity contribution in [2.45, 2.75) is 0 Å². The van der Waals surface area contributed by atoms with E-state index in [0.29, 0.717) is 0 Å². The number of rotatable bonds is 6. The number of halogens is 15. The van der Waals surface area contributed by atoms with E-state index in [1.54, 1.807) is 0 Å². The molecule has 0 aliphatic heterocycles. The van der Waals surface area contributed by atoms with Crippen LogP contribution in [0.4, 0.5) is 65.9 Å². The third-order valence-electron chi connectivity index (χ3n) is 4.15. The van der Waals surface area contributed by atoms with E-state index < -0.39 is 129 Å². The van der Waals surface area contributed by atoms with Crippen LogP contribution in [0.2, 0.25) is 0 Å². The molecule has 0 saturated carbocycles. The summed E-state index contributed by atoms with van der Waals surface area (Å²) in [4.78, 5) is 0. The van der Waals surface area contributed by atoms with Crippen LogP contribution in [0.25, 0.3) is 0 Å². The van der Waals surface area contributed by atoms with Gasteiger partial charge in [0.05, 0.1) is 0 Å². The third kappa shape index (κ3) is 4.81. The van der Waals surface area contributed by atoms with Gasteiger partial charge in [-0.15, -0.1) is 0 Å². The van der Waals surface area contributed by atoms with Crippen molar-refractivity contribution in [3.8, 4) is 17.2 Å². The van der Waals surface area contributed by atoms with Crippen molar-refractivity contribution in [2.24, 2.45) is 0 Å². The van der Waals surface area contributed by atoms with Crippen LogP contribution in [0.1, 0.15) is 0 Å². The van der Waals surface area contributed by atoms with E-state index in [1.807, 2.05) is 0 Å². The zero-order chi connectivity index (χ0) is 28.1. The molecule has 0 N–H and O–H groups in total. The van der Waals surface area contributed by atoms with Gasteiger partial charge in [0.2, 0.25) is 0 Å². The van der Waals surface area contributed by atoms with E-state index in [2.05, 4.69) is 8.06 Å². The Morgan fingerprint density at radius 3 is 0.541 bits per heavy atom. The number of benzene rings is 3. The molecular weight excluding hydrogens is 754 g/mol. The molecule has 0 aliphatic rings. The summed E-state index contributed by atoms with van der Waals surface area (Å²) in [5.74, 6) is -49.1. The average molecular weight is 754 g/mol. The molecule has 0 aromatic heterocycles. The second kappa shape index (κ2) is 10.4. The van der Waals surface area contributed by atoms with Crippen LogP contribution in [-0.2, 0) is 0 Å². The molecule has 3 nitrogen and oxygen atoms in total. The minimum absolute atomic E-state index is 2.41. The Morgan fingerprint density at radius 2 is 0.378 bits per heavy atom. The Morgan fingerprint density at radius 1 is 0.243 bits per heavy atom. The van der Waals surface area contributed by atoms with E-state index in [1.165, 1.54) is 0 Å². The van der Waals surface area contributed by atoms with Crippen molar-refractivity contribution in [2.75, 3.05) is 0 Å². The molecule has 0 amide bonds. The predicted octanol–water partition coefficient (Wildman–Crippen LogP) is 6.29. The molecule has 3 aromatic rings. The van der Waals surface area contributed by atoms with Crippen molar-refractivity contribution < 1.29 is 73.9 Å². The van der Waals surface area contributed by atoms with Gasteiger partial charge in [0.25, 0.3) is 0 Å². The molecule has 0 atom stereocenters. The van der Waals surface area contributed by atoms with E-state index >= 15 is 0 Å². The molecule has 0 spiro atoms. The Balaban J connectivity index is 2.22. The molecule has 0 saturated heterocycles.